The van der Waals surface area contributed by atoms with E-state index in [1.54, 1.807) is 12.5 Å². The van der Waals surface area contributed by atoms with Crippen LogP contribution in [0.4, 0.5) is 9.93 Å². The van der Waals surface area contributed by atoms with Crippen LogP contribution in [0.5, 0.6) is 5.75 Å². The highest BCUT2D eigenvalue weighted by molar-refractivity contribution is 7.14. The van der Waals surface area contributed by atoms with E-state index in [-0.39, 0.29) is 11.7 Å². The normalized spacial score (nSPS) is 10.8. The van der Waals surface area contributed by atoms with Gasteiger partial charge in [0, 0.05) is 43.4 Å². The van der Waals surface area contributed by atoms with Gasteiger partial charge in [-0.15, -0.1) is 11.3 Å². The number of carboxylic acid groups (broad SMARTS) is 1. The molecule has 2 aromatic rings. The number of hydrogen-bond acceptors (Lipinski definition) is 6. The van der Waals surface area contributed by atoms with Gasteiger partial charge < -0.3 is 14.6 Å². The molecule has 0 aliphatic rings. The van der Waals surface area contributed by atoms with Gasteiger partial charge in [-0.05, 0) is 17.7 Å². The summed E-state index contributed by atoms with van der Waals surface area (Å²) in [6.45, 7) is 4.81. The summed E-state index contributed by atoms with van der Waals surface area (Å²) >= 11 is 1.20. The number of amides is 1. The molecule has 0 bridgehead atoms. The third-order valence-corrected chi connectivity index (χ3v) is 4.57. The molecule has 0 unspecified atom stereocenters. The number of nitrogens with one attached hydrogen (secondary N) is 1. The van der Waals surface area contributed by atoms with Crippen molar-refractivity contribution < 1.29 is 24.2 Å². The van der Waals surface area contributed by atoms with E-state index in [0.29, 0.717) is 36.2 Å². The third kappa shape index (κ3) is 6.33. The van der Waals surface area contributed by atoms with Gasteiger partial charge >= 0.3 is 6.09 Å². The number of carbonyl (C=O) groups is 2. The lowest BCUT2D eigenvalue weighted by Gasteiger charge is -2.13. The molecule has 0 saturated carbocycles. The molecule has 1 heterocycles. The Labute approximate surface area is 162 Å². The van der Waals surface area contributed by atoms with Crippen LogP contribution >= 0.6 is 11.3 Å². The predicted molar refractivity (Wildman–Crippen MR) is 105 cm³/mol. The number of hydrogen-bond donors (Lipinski definition) is 2. The number of nitrogens with zero attached hydrogens (tertiary/aromatic N) is 1. The molecular formula is C19H24N2O5S. The summed E-state index contributed by atoms with van der Waals surface area (Å²) < 4.78 is 10.9. The maximum atomic E-state index is 12.1. The summed E-state index contributed by atoms with van der Waals surface area (Å²) in [6, 6.07) is 5.58. The number of ketones is 1. The first-order chi connectivity index (χ1) is 12.9. The molecule has 2 rings (SSSR count). The quantitative estimate of drug-likeness (QED) is 0.591. The lowest BCUT2D eigenvalue weighted by atomic mass is 9.99. The van der Waals surface area contributed by atoms with Crippen LogP contribution in [-0.4, -0.2) is 42.3 Å². The molecule has 1 amide bonds. The number of anilines is 1. The molecule has 146 valence electrons. The standard InChI is InChI=1S/C19H24N2O5S/c1-12(2)16(22)9-13-5-6-14(17(10-13)26-8-4-7-25-3)15-11-27-18(20-15)21-19(23)24/h5-6,10-12H,4,7-9H2,1-3H3,(H,20,21)(H,23,24). The number of rotatable bonds is 10. The van der Waals surface area contributed by atoms with Crippen molar-refractivity contribution in [2.24, 2.45) is 5.92 Å². The molecule has 0 saturated heterocycles. The average Bonchev–Trinajstić information content (AvgIpc) is 3.06. The molecule has 2 N–H and O–H groups in total. The van der Waals surface area contributed by atoms with Crippen LogP contribution in [-0.2, 0) is 16.0 Å². The molecule has 1 aromatic carbocycles. The van der Waals surface area contributed by atoms with Crippen molar-refractivity contribution in [2.75, 3.05) is 25.6 Å². The highest BCUT2D eigenvalue weighted by Crippen LogP contribution is 2.33. The highest BCUT2D eigenvalue weighted by Gasteiger charge is 2.15. The van der Waals surface area contributed by atoms with Crippen molar-refractivity contribution in [1.82, 2.24) is 4.98 Å². The zero-order valence-corrected chi connectivity index (χ0v) is 16.5. The second-order valence-corrected chi connectivity index (χ2v) is 7.15. The van der Waals surface area contributed by atoms with E-state index < -0.39 is 6.09 Å². The zero-order chi connectivity index (χ0) is 19.8. The molecule has 0 aliphatic heterocycles. The maximum absolute atomic E-state index is 12.1. The Morgan fingerprint density at radius 2 is 2.07 bits per heavy atom. The molecule has 0 spiro atoms. The Morgan fingerprint density at radius 1 is 1.30 bits per heavy atom. The summed E-state index contributed by atoms with van der Waals surface area (Å²) in [6.07, 6.45) is -0.0852. The fourth-order valence-corrected chi connectivity index (χ4v) is 3.04. The smallest absolute Gasteiger partial charge is 0.410 e. The van der Waals surface area contributed by atoms with Crippen molar-refractivity contribution in [1.29, 1.82) is 0 Å². The summed E-state index contributed by atoms with van der Waals surface area (Å²) in [7, 11) is 1.63. The van der Waals surface area contributed by atoms with Gasteiger partial charge in [0.25, 0.3) is 0 Å². The molecular weight excluding hydrogens is 368 g/mol. The van der Waals surface area contributed by atoms with Crippen LogP contribution < -0.4 is 10.1 Å². The second-order valence-electron chi connectivity index (χ2n) is 6.29. The van der Waals surface area contributed by atoms with E-state index in [0.717, 1.165) is 17.5 Å². The van der Waals surface area contributed by atoms with Crippen LogP contribution in [0.3, 0.4) is 0 Å². The van der Waals surface area contributed by atoms with Gasteiger partial charge in [-0.25, -0.2) is 9.78 Å². The fraction of sp³-hybridized carbons (Fsp3) is 0.421. The molecule has 0 fully saturated rings. The Kier molecular flexibility index (Phi) is 7.75. The molecule has 8 heteroatoms. The number of Topliss-reactive ketones (excluding diaryl/α,β-unsaturated/α-hetero) is 1. The summed E-state index contributed by atoms with van der Waals surface area (Å²) in [4.78, 5) is 27.1. The molecule has 0 radical (unpaired) electrons. The van der Waals surface area contributed by atoms with E-state index in [4.69, 9.17) is 14.6 Å². The van der Waals surface area contributed by atoms with Crippen molar-refractivity contribution in [3.05, 3.63) is 29.1 Å². The largest absolute Gasteiger partial charge is 0.493 e. The average molecular weight is 392 g/mol. The van der Waals surface area contributed by atoms with Gasteiger partial charge in [-0.1, -0.05) is 19.9 Å². The van der Waals surface area contributed by atoms with Crippen molar-refractivity contribution in [3.8, 4) is 17.0 Å². The molecule has 27 heavy (non-hydrogen) atoms. The molecule has 0 aliphatic carbocycles. The lowest BCUT2D eigenvalue weighted by molar-refractivity contribution is -0.121. The van der Waals surface area contributed by atoms with Crippen LogP contribution in [0.25, 0.3) is 11.3 Å². The van der Waals surface area contributed by atoms with Gasteiger partial charge in [0.05, 0.1) is 12.3 Å². The van der Waals surface area contributed by atoms with Crippen molar-refractivity contribution in [3.63, 3.8) is 0 Å². The molecule has 0 atom stereocenters. The van der Waals surface area contributed by atoms with Crippen LogP contribution in [0.15, 0.2) is 23.6 Å². The first kappa shape index (κ1) is 20.9. The fourth-order valence-electron chi connectivity index (χ4n) is 2.34. The van der Waals surface area contributed by atoms with Gasteiger partial charge in [0.1, 0.15) is 11.5 Å². The topological polar surface area (TPSA) is 97.8 Å². The lowest BCUT2D eigenvalue weighted by Crippen LogP contribution is -2.10. The first-order valence-corrected chi connectivity index (χ1v) is 9.52. The van der Waals surface area contributed by atoms with E-state index >= 15 is 0 Å². The highest BCUT2D eigenvalue weighted by atomic mass is 32.1. The van der Waals surface area contributed by atoms with Crippen LogP contribution in [0.2, 0.25) is 0 Å². The number of thiazole rings is 1. The van der Waals surface area contributed by atoms with Crippen molar-refractivity contribution in [2.45, 2.75) is 26.7 Å². The predicted octanol–water partition coefficient (Wildman–Crippen LogP) is 4.08. The van der Waals surface area contributed by atoms with Crippen molar-refractivity contribution >= 4 is 28.3 Å². The number of methoxy groups -OCH3 is 1. The number of ether oxygens (including phenoxy) is 2. The van der Waals surface area contributed by atoms with E-state index in [1.807, 2.05) is 32.0 Å². The number of carbonyl (C=O) groups excluding carboxylic acids is 1. The first-order valence-electron chi connectivity index (χ1n) is 8.64. The number of benzene rings is 1. The Morgan fingerprint density at radius 3 is 2.74 bits per heavy atom. The minimum atomic E-state index is -1.16. The van der Waals surface area contributed by atoms with Gasteiger partial charge in [0.15, 0.2) is 5.13 Å². The SMILES string of the molecule is COCCCOc1cc(CC(=O)C(C)C)ccc1-c1csc(NC(=O)O)n1. The Hall–Kier alpha value is -2.45. The summed E-state index contributed by atoms with van der Waals surface area (Å²) in [5, 5.41) is 13.1. The van der Waals surface area contributed by atoms with E-state index in [2.05, 4.69) is 10.3 Å². The van der Waals surface area contributed by atoms with Crippen LogP contribution in [0.1, 0.15) is 25.8 Å². The molecule has 1 aromatic heterocycles. The minimum absolute atomic E-state index is 0.0288. The number of aromatic nitrogens is 1. The van der Waals surface area contributed by atoms with Gasteiger partial charge in [-0.3, -0.25) is 10.1 Å². The van der Waals surface area contributed by atoms with Crippen LogP contribution in [0, 0.1) is 5.92 Å². The Balaban J connectivity index is 2.26. The molecule has 7 nitrogen and oxygen atoms in total. The summed E-state index contributed by atoms with van der Waals surface area (Å²) in [5.41, 5.74) is 2.24. The summed E-state index contributed by atoms with van der Waals surface area (Å²) in [5.74, 6) is 0.751. The second kappa shape index (κ2) is 10.0. The zero-order valence-electron chi connectivity index (χ0n) is 15.7. The van der Waals surface area contributed by atoms with Gasteiger partial charge in [0.2, 0.25) is 0 Å². The van der Waals surface area contributed by atoms with E-state index in [1.165, 1.54) is 11.3 Å². The Bertz CT molecular complexity index is 788. The third-order valence-electron chi connectivity index (χ3n) is 3.81. The monoisotopic (exact) mass is 392 g/mol. The maximum Gasteiger partial charge on any atom is 0.410 e. The minimum Gasteiger partial charge on any atom is -0.493 e. The van der Waals surface area contributed by atoms with E-state index in [9.17, 15) is 9.59 Å². The van der Waals surface area contributed by atoms with Gasteiger partial charge in [-0.2, -0.15) is 0 Å².